The fourth-order valence-corrected chi connectivity index (χ4v) is 5.56. The number of aromatic nitrogens is 2. The standard InChI is InChI=1S/C20H23N3O/c24-20(18-6-7-23(22-18)17-4-2-1-3-5-17)21-19-15-9-13-8-14(11-15)12-16(19)10-13/h1-7,13-16,19H,8-12H2,(H,21,24). The van der Waals surface area contributed by atoms with Crippen molar-refractivity contribution in [3.63, 3.8) is 0 Å². The van der Waals surface area contributed by atoms with E-state index in [1.54, 1.807) is 4.68 Å². The Labute approximate surface area is 142 Å². The molecule has 6 rings (SSSR count). The van der Waals surface area contributed by atoms with Crippen LogP contribution < -0.4 is 5.32 Å². The molecule has 1 N–H and O–H groups in total. The monoisotopic (exact) mass is 321 g/mol. The van der Waals surface area contributed by atoms with E-state index in [9.17, 15) is 4.79 Å². The van der Waals surface area contributed by atoms with E-state index in [1.807, 2.05) is 42.6 Å². The molecule has 1 amide bonds. The maximum absolute atomic E-state index is 12.7. The highest BCUT2D eigenvalue weighted by Crippen LogP contribution is 2.53. The summed E-state index contributed by atoms with van der Waals surface area (Å²) < 4.78 is 1.77. The minimum absolute atomic E-state index is 0.0119. The van der Waals surface area contributed by atoms with Crippen molar-refractivity contribution >= 4 is 5.91 Å². The number of para-hydroxylation sites is 1. The molecular weight excluding hydrogens is 298 g/mol. The third-order valence-corrected chi connectivity index (χ3v) is 6.37. The van der Waals surface area contributed by atoms with Gasteiger partial charge in [0.25, 0.3) is 5.91 Å². The van der Waals surface area contributed by atoms with Crippen molar-refractivity contribution in [1.29, 1.82) is 0 Å². The van der Waals surface area contributed by atoms with Crippen LogP contribution in [0.5, 0.6) is 0 Å². The SMILES string of the molecule is O=C(NC1C2CC3CC(C2)CC1C3)c1ccn(-c2ccccc2)n1. The first kappa shape index (κ1) is 14.3. The summed E-state index contributed by atoms with van der Waals surface area (Å²) >= 11 is 0. The average Bonchev–Trinajstić information content (AvgIpc) is 3.08. The molecule has 0 radical (unpaired) electrons. The number of carbonyl (C=O) groups is 1. The zero-order valence-electron chi connectivity index (χ0n) is 13.8. The third-order valence-electron chi connectivity index (χ3n) is 6.37. The lowest BCUT2D eigenvalue weighted by atomic mass is 9.54. The van der Waals surface area contributed by atoms with Gasteiger partial charge in [0.05, 0.1) is 5.69 Å². The summed E-state index contributed by atoms with van der Waals surface area (Å²) in [5, 5.41) is 7.80. The van der Waals surface area contributed by atoms with Gasteiger partial charge in [0, 0.05) is 12.2 Å². The number of benzene rings is 1. The van der Waals surface area contributed by atoms with Gasteiger partial charge in [-0.25, -0.2) is 4.68 Å². The van der Waals surface area contributed by atoms with Crippen molar-refractivity contribution in [3.8, 4) is 5.69 Å². The Kier molecular flexibility index (Phi) is 3.25. The molecule has 0 saturated heterocycles. The number of hydrogen-bond donors (Lipinski definition) is 1. The Morgan fingerprint density at radius 2 is 1.62 bits per heavy atom. The highest BCUT2D eigenvalue weighted by molar-refractivity contribution is 5.92. The predicted octanol–water partition coefficient (Wildman–Crippen LogP) is 3.43. The Hall–Kier alpha value is -2.10. The molecular formula is C20H23N3O. The molecule has 2 aromatic rings. The summed E-state index contributed by atoms with van der Waals surface area (Å²) in [6, 6.07) is 12.1. The van der Waals surface area contributed by atoms with Crippen LogP contribution in [0.4, 0.5) is 0 Å². The van der Waals surface area contributed by atoms with Gasteiger partial charge in [0.1, 0.15) is 0 Å². The minimum atomic E-state index is -0.0119. The van der Waals surface area contributed by atoms with E-state index in [0.29, 0.717) is 23.6 Å². The molecule has 4 heteroatoms. The zero-order valence-corrected chi connectivity index (χ0v) is 13.8. The predicted molar refractivity (Wildman–Crippen MR) is 91.9 cm³/mol. The second-order valence-electron chi connectivity index (χ2n) is 7.91. The van der Waals surface area contributed by atoms with Crippen LogP contribution in [-0.2, 0) is 0 Å². The van der Waals surface area contributed by atoms with Crippen molar-refractivity contribution in [3.05, 3.63) is 48.3 Å². The van der Waals surface area contributed by atoms with Crippen molar-refractivity contribution in [2.45, 2.75) is 38.1 Å². The molecule has 1 aromatic heterocycles. The van der Waals surface area contributed by atoms with Crippen LogP contribution in [0.15, 0.2) is 42.6 Å². The largest absolute Gasteiger partial charge is 0.347 e. The minimum Gasteiger partial charge on any atom is -0.347 e. The van der Waals surface area contributed by atoms with Gasteiger partial charge in [0.15, 0.2) is 5.69 Å². The smallest absolute Gasteiger partial charge is 0.272 e. The lowest BCUT2D eigenvalue weighted by molar-refractivity contribution is -0.0120. The van der Waals surface area contributed by atoms with Gasteiger partial charge in [-0.3, -0.25) is 4.79 Å². The van der Waals surface area contributed by atoms with Crippen LogP contribution in [-0.4, -0.2) is 21.7 Å². The molecule has 4 bridgehead atoms. The van der Waals surface area contributed by atoms with Crippen LogP contribution in [0.2, 0.25) is 0 Å². The molecule has 4 fully saturated rings. The molecule has 1 aromatic carbocycles. The van der Waals surface area contributed by atoms with Gasteiger partial charge in [-0.15, -0.1) is 0 Å². The Balaban J connectivity index is 1.32. The number of amides is 1. The van der Waals surface area contributed by atoms with Gasteiger partial charge in [-0.05, 0) is 74.0 Å². The fraction of sp³-hybridized carbons (Fsp3) is 0.500. The number of nitrogens with one attached hydrogen (secondary N) is 1. The van der Waals surface area contributed by atoms with Crippen molar-refractivity contribution in [1.82, 2.24) is 15.1 Å². The Morgan fingerprint density at radius 3 is 2.29 bits per heavy atom. The van der Waals surface area contributed by atoms with E-state index in [2.05, 4.69) is 10.4 Å². The first-order chi connectivity index (χ1) is 11.8. The van der Waals surface area contributed by atoms with E-state index in [4.69, 9.17) is 0 Å². The third kappa shape index (κ3) is 2.36. The fourth-order valence-electron chi connectivity index (χ4n) is 5.56. The maximum Gasteiger partial charge on any atom is 0.272 e. The summed E-state index contributed by atoms with van der Waals surface area (Å²) in [6.07, 6.45) is 8.57. The summed E-state index contributed by atoms with van der Waals surface area (Å²) in [5.41, 5.74) is 1.50. The lowest BCUT2D eigenvalue weighted by Gasteiger charge is -2.54. The summed E-state index contributed by atoms with van der Waals surface area (Å²) in [4.78, 5) is 12.7. The van der Waals surface area contributed by atoms with E-state index in [0.717, 1.165) is 17.5 Å². The molecule has 4 aliphatic rings. The molecule has 24 heavy (non-hydrogen) atoms. The van der Waals surface area contributed by atoms with Gasteiger partial charge in [-0.1, -0.05) is 18.2 Å². The van der Waals surface area contributed by atoms with Crippen LogP contribution in [0.1, 0.15) is 42.6 Å². The first-order valence-corrected chi connectivity index (χ1v) is 9.18. The van der Waals surface area contributed by atoms with E-state index < -0.39 is 0 Å². The average molecular weight is 321 g/mol. The van der Waals surface area contributed by atoms with Crippen molar-refractivity contribution < 1.29 is 4.79 Å². The summed E-state index contributed by atoms with van der Waals surface area (Å²) in [6.45, 7) is 0. The van der Waals surface area contributed by atoms with Crippen LogP contribution in [0, 0.1) is 23.7 Å². The zero-order chi connectivity index (χ0) is 16.1. The number of carbonyl (C=O) groups excluding carboxylic acids is 1. The second-order valence-corrected chi connectivity index (χ2v) is 7.91. The van der Waals surface area contributed by atoms with Crippen LogP contribution >= 0.6 is 0 Å². The summed E-state index contributed by atoms with van der Waals surface area (Å²) in [5.74, 6) is 3.24. The highest BCUT2D eigenvalue weighted by Gasteiger charge is 2.48. The topological polar surface area (TPSA) is 46.9 Å². The van der Waals surface area contributed by atoms with Gasteiger partial charge < -0.3 is 5.32 Å². The Morgan fingerprint density at radius 1 is 0.958 bits per heavy atom. The van der Waals surface area contributed by atoms with Gasteiger partial charge >= 0.3 is 0 Å². The second kappa shape index (κ2) is 5.47. The summed E-state index contributed by atoms with van der Waals surface area (Å²) in [7, 11) is 0. The lowest BCUT2D eigenvalue weighted by Crippen LogP contribution is -2.55. The molecule has 1 heterocycles. The quantitative estimate of drug-likeness (QED) is 0.941. The Bertz CT molecular complexity index is 723. The number of nitrogens with zero attached hydrogens (tertiary/aromatic N) is 2. The molecule has 4 aliphatic carbocycles. The van der Waals surface area contributed by atoms with Crippen molar-refractivity contribution in [2.24, 2.45) is 23.7 Å². The molecule has 0 aliphatic heterocycles. The maximum atomic E-state index is 12.7. The molecule has 0 unspecified atom stereocenters. The molecule has 124 valence electrons. The molecule has 0 atom stereocenters. The highest BCUT2D eigenvalue weighted by atomic mass is 16.2. The van der Waals surface area contributed by atoms with Crippen molar-refractivity contribution in [2.75, 3.05) is 0 Å². The van der Waals surface area contributed by atoms with Crippen LogP contribution in [0.3, 0.4) is 0 Å². The van der Waals surface area contributed by atoms with E-state index in [-0.39, 0.29) is 5.91 Å². The normalized spacial score (nSPS) is 33.6. The van der Waals surface area contributed by atoms with E-state index >= 15 is 0 Å². The first-order valence-electron chi connectivity index (χ1n) is 9.18. The number of hydrogen-bond acceptors (Lipinski definition) is 2. The van der Waals surface area contributed by atoms with E-state index in [1.165, 1.54) is 32.1 Å². The molecule has 4 nitrogen and oxygen atoms in total. The molecule has 4 saturated carbocycles. The van der Waals surface area contributed by atoms with Gasteiger partial charge in [-0.2, -0.15) is 5.10 Å². The van der Waals surface area contributed by atoms with Gasteiger partial charge in [0.2, 0.25) is 0 Å². The number of rotatable bonds is 3. The van der Waals surface area contributed by atoms with Crippen LogP contribution in [0.25, 0.3) is 5.69 Å². The molecule has 0 spiro atoms.